The molecule has 9 nitrogen and oxygen atoms in total. The maximum absolute atomic E-state index is 15.0. The van der Waals surface area contributed by atoms with E-state index in [1.807, 2.05) is 13.8 Å². The third-order valence-corrected chi connectivity index (χ3v) is 7.91. The van der Waals surface area contributed by atoms with Crippen LogP contribution in [0, 0.1) is 19.7 Å². The van der Waals surface area contributed by atoms with Gasteiger partial charge in [0.05, 0.1) is 11.4 Å². The van der Waals surface area contributed by atoms with Gasteiger partial charge in [-0.25, -0.2) is 4.39 Å². The number of aryl methyl sites for hydroxylation is 1. The molecular weight excluding hydrogens is 549 g/mol. The van der Waals surface area contributed by atoms with Crippen molar-refractivity contribution in [1.82, 2.24) is 14.4 Å². The average molecular weight is 590 g/mol. The van der Waals surface area contributed by atoms with Crippen molar-refractivity contribution in [2.45, 2.75) is 59.4 Å². The highest BCUT2D eigenvalue weighted by Gasteiger charge is 2.36. The summed E-state index contributed by atoms with van der Waals surface area (Å²) in [5.74, 6) is -1.04. The SMILES string of the molecule is CC.Cc1ccc(Nc2c(C(=O)N(C)C3CC3)c(N(C=O)c3cccc(C(=O)N4CCCC4)c3)c(C)c(=O)n2C)c(F)c1. The highest BCUT2D eigenvalue weighted by molar-refractivity contribution is 6.09. The monoisotopic (exact) mass is 589 g/mol. The van der Waals surface area contributed by atoms with Crippen molar-refractivity contribution in [3.8, 4) is 0 Å². The van der Waals surface area contributed by atoms with Gasteiger partial charge in [-0.2, -0.15) is 0 Å². The number of rotatable bonds is 8. The zero-order valence-electron chi connectivity index (χ0n) is 25.7. The fraction of sp³-hybridized carbons (Fsp3) is 0.394. The second-order valence-electron chi connectivity index (χ2n) is 10.8. The first-order chi connectivity index (χ1) is 20.6. The summed E-state index contributed by atoms with van der Waals surface area (Å²) in [5.41, 5.74) is 1.38. The van der Waals surface area contributed by atoms with Crippen LogP contribution in [0.2, 0.25) is 0 Å². The first-order valence-electron chi connectivity index (χ1n) is 14.8. The van der Waals surface area contributed by atoms with E-state index in [9.17, 15) is 23.6 Å². The van der Waals surface area contributed by atoms with E-state index in [4.69, 9.17) is 0 Å². The summed E-state index contributed by atoms with van der Waals surface area (Å²) < 4.78 is 16.2. The molecule has 0 bridgehead atoms. The maximum Gasteiger partial charge on any atom is 0.259 e. The Morgan fingerprint density at radius 2 is 1.72 bits per heavy atom. The van der Waals surface area contributed by atoms with Crippen molar-refractivity contribution in [2.75, 3.05) is 30.4 Å². The molecule has 3 aromatic rings. The molecular formula is C33H40FN5O4. The molecule has 2 aliphatic rings. The van der Waals surface area contributed by atoms with Crippen molar-refractivity contribution >= 4 is 41.1 Å². The summed E-state index contributed by atoms with van der Waals surface area (Å²) in [5, 5.41) is 2.97. The molecule has 0 unspecified atom stereocenters. The number of likely N-dealkylation sites (tertiary alicyclic amines) is 1. The zero-order valence-corrected chi connectivity index (χ0v) is 25.7. The van der Waals surface area contributed by atoms with Crippen LogP contribution in [-0.2, 0) is 11.8 Å². The molecule has 3 amide bonds. The lowest BCUT2D eigenvalue weighted by Crippen LogP contribution is -2.35. The van der Waals surface area contributed by atoms with Crippen LogP contribution < -0.4 is 15.8 Å². The lowest BCUT2D eigenvalue weighted by Gasteiger charge is -2.29. The topological polar surface area (TPSA) is 95.0 Å². The molecule has 1 N–H and O–H groups in total. The Morgan fingerprint density at radius 1 is 1.05 bits per heavy atom. The molecule has 0 spiro atoms. The van der Waals surface area contributed by atoms with E-state index in [2.05, 4.69) is 5.32 Å². The van der Waals surface area contributed by atoms with Crippen molar-refractivity contribution in [3.63, 3.8) is 0 Å². The van der Waals surface area contributed by atoms with Crippen LogP contribution >= 0.6 is 0 Å². The van der Waals surface area contributed by atoms with Crippen molar-refractivity contribution in [1.29, 1.82) is 0 Å². The van der Waals surface area contributed by atoms with Crippen LogP contribution in [0.4, 0.5) is 27.3 Å². The number of aromatic nitrogens is 1. The molecule has 1 aromatic heterocycles. The summed E-state index contributed by atoms with van der Waals surface area (Å²) in [6.45, 7) is 8.66. The molecule has 1 aliphatic carbocycles. The van der Waals surface area contributed by atoms with Gasteiger partial charge in [-0.1, -0.05) is 26.0 Å². The number of pyridine rings is 1. The van der Waals surface area contributed by atoms with Crippen molar-refractivity contribution in [3.05, 3.63) is 80.9 Å². The molecule has 228 valence electrons. The number of nitrogens with zero attached hydrogens (tertiary/aromatic N) is 4. The number of amides is 3. The van der Waals surface area contributed by atoms with E-state index in [0.29, 0.717) is 36.3 Å². The van der Waals surface area contributed by atoms with Gasteiger partial charge in [0.15, 0.2) is 0 Å². The number of benzene rings is 2. The summed E-state index contributed by atoms with van der Waals surface area (Å²) in [7, 11) is 3.18. The average Bonchev–Trinajstić information content (AvgIpc) is 3.72. The third kappa shape index (κ3) is 6.33. The van der Waals surface area contributed by atoms with Gasteiger partial charge in [0.1, 0.15) is 17.2 Å². The van der Waals surface area contributed by atoms with E-state index in [-0.39, 0.29) is 40.3 Å². The molecule has 1 aliphatic heterocycles. The van der Waals surface area contributed by atoms with Gasteiger partial charge in [-0.3, -0.25) is 28.6 Å². The summed E-state index contributed by atoms with van der Waals surface area (Å²) in [4.78, 5) is 58.1. The van der Waals surface area contributed by atoms with Gasteiger partial charge >= 0.3 is 0 Å². The van der Waals surface area contributed by atoms with E-state index < -0.39 is 17.3 Å². The van der Waals surface area contributed by atoms with Crippen LogP contribution in [0.5, 0.6) is 0 Å². The first-order valence-corrected chi connectivity index (χ1v) is 14.8. The Kier molecular flexibility index (Phi) is 9.68. The van der Waals surface area contributed by atoms with E-state index in [0.717, 1.165) is 25.7 Å². The number of halogens is 1. The number of carbonyl (C=O) groups excluding carboxylic acids is 3. The lowest BCUT2D eigenvalue weighted by molar-refractivity contribution is -0.106. The molecule has 1 saturated carbocycles. The lowest BCUT2D eigenvalue weighted by atomic mass is 10.0. The highest BCUT2D eigenvalue weighted by Crippen LogP contribution is 2.38. The Balaban J connectivity index is 0.00000207. The van der Waals surface area contributed by atoms with Crippen LogP contribution in [0.25, 0.3) is 0 Å². The molecule has 10 heteroatoms. The predicted octanol–water partition coefficient (Wildman–Crippen LogP) is 5.68. The van der Waals surface area contributed by atoms with Gasteiger partial charge in [-0.15, -0.1) is 0 Å². The standard InChI is InChI=1S/C31H34FN5O4.C2H6/c1-19-10-13-25(24(32)16-19)33-28-26(31(41)34(3)22-11-12-22)27(20(2)29(39)35(28)4)37(18-38)23-9-7-8-21(17-23)30(40)36-14-5-6-15-36;1-2/h7-10,13,16-18,22,33H,5-6,11-12,14-15H2,1-4H3;1-2H3. The van der Waals surface area contributed by atoms with Crippen LogP contribution in [0.3, 0.4) is 0 Å². The number of hydrogen-bond acceptors (Lipinski definition) is 5. The Hall–Kier alpha value is -4.47. The highest BCUT2D eigenvalue weighted by atomic mass is 19.1. The second-order valence-corrected chi connectivity index (χ2v) is 10.8. The summed E-state index contributed by atoms with van der Waals surface area (Å²) >= 11 is 0. The van der Waals surface area contributed by atoms with Crippen LogP contribution in [0.15, 0.2) is 47.3 Å². The van der Waals surface area contributed by atoms with Gasteiger partial charge in [0.25, 0.3) is 17.4 Å². The van der Waals surface area contributed by atoms with Gasteiger partial charge < -0.3 is 15.1 Å². The minimum absolute atomic E-state index is 0.0305. The minimum Gasteiger partial charge on any atom is -0.339 e. The summed E-state index contributed by atoms with van der Waals surface area (Å²) in [6.07, 6.45) is 4.10. The molecule has 2 heterocycles. The number of hydrogen-bond donors (Lipinski definition) is 1. The predicted molar refractivity (Wildman–Crippen MR) is 167 cm³/mol. The molecule has 2 fully saturated rings. The van der Waals surface area contributed by atoms with E-state index in [1.54, 1.807) is 67.1 Å². The van der Waals surface area contributed by atoms with E-state index >= 15 is 0 Å². The van der Waals surface area contributed by atoms with Gasteiger partial charge in [0, 0.05) is 50.0 Å². The number of anilines is 4. The molecule has 43 heavy (non-hydrogen) atoms. The molecule has 5 rings (SSSR count). The normalized spacial score (nSPS) is 14.1. The first kappa shape index (κ1) is 31.5. The van der Waals surface area contributed by atoms with Gasteiger partial charge in [-0.05, 0) is 75.4 Å². The smallest absolute Gasteiger partial charge is 0.259 e. The molecule has 2 aromatic carbocycles. The largest absolute Gasteiger partial charge is 0.339 e. The molecule has 0 atom stereocenters. The van der Waals surface area contributed by atoms with Crippen LogP contribution in [-0.4, -0.2) is 58.8 Å². The van der Waals surface area contributed by atoms with Crippen molar-refractivity contribution in [2.24, 2.45) is 7.05 Å². The molecule has 0 radical (unpaired) electrons. The fourth-order valence-electron chi connectivity index (χ4n) is 5.36. The minimum atomic E-state index is -0.547. The number of carbonyl (C=O) groups is 3. The van der Waals surface area contributed by atoms with E-state index in [1.165, 1.54) is 22.6 Å². The van der Waals surface area contributed by atoms with Gasteiger partial charge in [0.2, 0.25) is 6.41 Å². The molecule has 1 saturated heterocycles. The Morgan fingerprint density at radius 3 is 2.33 bits per heavy atom. The Labute approximate surface area is 251 Å². The maximum atomic E-state index is 15.0. The van der Waals surface area contributed by atoms with Crippen molar-refractivity contribution < 1.29 is 18.8 Å². The third-order valence-electron chi connectivity index (χ3n) is 7.91. The Bertz CT molecular complexity index is 1590. The van der Waals surface area contributed by atoms with Crippen LogP contribution in [0.1, 0.15) is 71.4 Å². The number of nitrogens with one attached hydrogen (secondary N) is 1. The quantitative estimate of drug-likeness (QED) is 0.342. The zero-order chi connectivity index (χ0) is 31.4. The second kappa shape index (κ2) is 13.2. The summed E-state index contributed by atoms with van der Waals surface area (Å²) in [6, 6.07) is 11.2. The fourth-order valence-corrected chi connectivity index (χ4v) is 5.36.